The van der Waals surface area contributed by atoms with Gasteiger partial charge in [0.05, 0.1) is 34.6 Å². The first-order chi connectivity index (χ1) is 18.5. The first kappa shape index (κ1) is 29.1. The summed E-state index contributed by atoms with van der Waals surface area (Å²) in [4.78, 5) is 13.1. The van der Waals surface area contributed by atoms with Gasteiger partial charge >= 0.3 is 6.18 Å². The molecule has 2 aromatic heterocycles. The molecule has 212 valence electrons. The highest BCUT2D eigenvalue weighted by Gasteiger charge is 2.33. The first-order valence-electron chi connectivity index (χ1n) is 12.9. The molecule has 0 radical (unpaired) electrons. The Labute approximate surface area is 230 Å². The Morgan fingerprint density at radius 3 is 2.46 bits per heavy atom. The van der Waals surface area contributed by atoms with Gasteiger partial charge in [-0.05, 0) is 45.4 Å². The topological polar surface area (TPSA) is 87.7 Å². The number of piperazine rings is 1. The molecule has 0 aliphatic carbocycles. The number of nitrogens with zero attached hydrogens (tertiary/aromatic N) is 5. The zero-order valence-electron chi connectivity index (χ0n) is 22.5. The summed E-state index contributed by atoms with van der Waals surface area (Å²) in [5, 5.41) is 14.6. The van der Waals surface area contributed by atoms with Gasteiger partial charge in [-0.25, -0.2) is 9.97 Å². The van der Waals surface area contributed by atoms with Gasteiger partial charge in [-0.15, -0.1) is 0 Å². The molecule has 3 heterocycles. The van der Waals surface area contributed by atoms with Gasteiger partial charge in [-0.3, -0.25) is 4.90 Å². The van der Waals surface area contributed by atoms with Gasteiger partial charge in [0.15, 0.2) is 5.82 Å². The number of ether oxygens (including phenoxy) is 1. The number of alkyl halides is 3. The van der Waals surface area contributed by atoms with Crippen LogP contribution < -0.4 is 9.64 Å². The highest BCUT2D eigenvalue weighted by molar-refractivity contribution is 6.33. The highest BCUT2D eigenvalue weighted by Crippen LogP contribution is 2.37. The van der Waals surface area contributed by atoms with E-state index in [1.54, 1.807) is 25.1 Å². The molecule has 1 fully saturated rings. The molecule has 4 rings (SSSR count). The summed E-state index contributed by atoms with van der Waals surface area (Å²) >= 11 is 6.60. The van der Waals surface area contributed by atoms with Crippen LogP contribution in [0.25, 0.3) is 22.6 Å². The smallest absolute Gasteiger partial charge is 0.401 e. The molecule has 0 amide bonds. The summed E-state index contributed by atoms with van der Waals surface area (Å²) < 4.78 is 50.0. The molecule has 1 N–H and O–H groups in total. The predicted molar refractivity (Wildman–Crippen MR) is 143 cm³/mol. The van der Waals surface area contributed by atoms with Crippen molar-refractivity contribution in [1.82, 2.24) is 20.0 Å². The molecular formula is C27H33ClF3N5O3. The van der Waals surface area contributed by atoms with Crippen molar-refractivity contribution < 1.29 is 27.5 Å². The lowest BCUT2D eigenvalue weighted by atomic mass is 10.0. The zero-order chi connectivity index (χ0) is 28.3. The molecule has 1 atom stereocenters. The number of rotatable bonds is 9. The minimum absolute atomic E-state index is 0.140. The third-order valence-corrected chi connectivity index (χ3v) is 7.04. The largest absolute Gasteiger partial charge is 0.491 e. The Hall–Kier alpha value is -2.89. The molecule has 3 aromatic rings. The van der Waals surface area contributed by atoms with E-state index >= 15 is 0 Å². The first-order valence-corrected chi connectivity index (χ1v) is 13.3. The second kappa shape index (κ2) is 12.1. The van der Waals surface area contributed by atoms with Crippen LogP contribution in [0.4, 0.5) is 19.0 Å². The van der Waals surface area contributed by atoms with Crippen LogP contribution in [0.1, 0.15) is 36.8 Å². The van der Waals surface area contributed by atoms with E-state index in [4.69, 9.17) is 30.8 Å². The molecule has 0 unspecified atom stereocenters. The fraction of sp³-hybridized carbons (Fsp3) is 0.519. The Balaban J connectivity index is 1.73. The fourth-order valence-corrected chi connectivity index (χ4v) is 4.95. The monoisotopic (exact) mass is 567 g/mol. The minimum atomic E-state index is -4.24. The van der Waals surface area contributed by atoms with Crippen LogP contribution in [0.5, 0.6) is 5.75 Å². The number of benzene rings is 1. The number of hydrogen-bond donors (Lipinski definition) is 1. The lowest BCUT2D eigenvalue weighted by Gasteiger charge is -2.36. The van der Waals surface area contributed by atoms with Crippen LogP contribution in [0.3, 0.4) is 0 Å². The molecule has 0 saturated carbocycles. The number of aryl methyl sites for hydroxylation is 2. The van der Waals surface area contributed by atoms with Crippen LogP contribution in [0, 0.1) is 20.8 Å². The average Bonchev–Trinajstić information content (AvgIpc) is 3.21. The Morgan fingerprint density at radius 2 is 1.85 bits per heavy atom. The normalized spacial score (nSPS) is 15.6. The fourth-order valence-electron chi connectivity index (χ4n) is 4.74. The van der Waals surface area contributed by atoms with Crippen molar-refractivity contribution in [2.75, 3.05) is 44.2 Å². The van der Waals surface area contributed by atoms with Crippen LogP contribution in [-0.4, -0.2) is 76.7 Å². The molecule has 1 saturated heterocycles. The van der Waals surface area contributed by atoms with E-state index in [0.717, 1.165) is 17.5 Å². The molecule has 1 aromatic carbocycles. The van der Waals surface area contributed by atoms with Gasteiger partial charge in [-0.1, -0.05) is 30.1 Å². The third kappa shape index (κ3) is 7.01. The number of halogens is 4. The summed E-state index contributed by atoms with van der Waals surface area (Å²) in [6, 6.07) is 5.13. The van der Waals surface area contributed by atoms with E-state index in [2.05, 4.69) is 5.16 Å². The van der Waals surface area contributed by atoms with Gasteiger partial charge in [-0.2, -0.15) is 13.2 Å². The van der Waals surface area contributed by atoms with Crippen molar-refractivity contribution in [3.63, 3.8) is 0 Å². The zero-order valence-corrected chi connectivity index (χ0v) is 23.2. The standard InChI is InChI=1S/C27H33ClF3N5O3/c1-5-6-19(37)14-38-20-7-8-22(28)21(13-20)25-32-24(23-17(3)34-39-18(23)4)16(2)26(33-25)36-11-9-35(10-12-36)15-27(29,30)31/h7-8,13,19,37H,5-6,9-12,14-15H2,1-4H3/t19-/m1/s1. The second-order valence-corrected chi connectivity index (χ2v) is 10.2. The van der Waals surface area contributed by atoms with Gasteiger partial charge in [0.2, 0.25) is 0 Å². The molecule has 0 spiro atoms. The Morgan fingerprint density at radius 1 is 1.13 bits per heavy atom. The van der Waals surface area contributed by atoms with Gasteiger partial charge in [0.25, 0.3) is 0 Å². The lowest BCUT2D eigenvalue weighted by Crippen LogP contribution is -2.49. The molecular weight excluding hydrogens is 535 g/mol. The maximum Gasteiger partial charge on any atom is 0.401 e. The number of aliphatic hydroxyl groups is 1. The molecule has 1 aliphatic heterocycles. The molecule has 39 heavy (non-hydrogen) atoms. The third-order valence-electron chi connectivity index (χ3n) is 6.71. The van der Waals surface area contributed by atoms with Crippen molar-refractivity contribution in [3.05, 3.63) is 40.2 Å². The molecule has 1 aliphatic rings. The predicted octanol–water partition coefficient (Wildman–Crippen LogP) is 5.60. The Bertz CT molecular complexity index is 1270. The summed E-state index contributed by atoms with van der Waals surface area (Å²) in [5.41, 5.74) is 3.31. The number of anilines is 1. The van der Waals surface area contributed by atoms with Gasteiger partial charge in [0, 0.05) is 37.3 Å². The van der Waals surface area contributed by atoms with E-state index in [0.29, 0.717) is 64.6 Å². The quantitative estimate of drug-likeness (QED) is 0.357. The average molecular weight is 568 g/mol. The molecule has 12 heteroatoms. The highest BCUT2D eigenvalue weighted by atomic mass is 35.5. The van der Waals surface area contributed by atoms with E-state index in [1.807, 2.05) is 25.7 Å². The second-order valence-electron chi connectivity index (χ2n) is 9.82. The maximum absolute atomic E-state index is 12.9. The summed E-state index contributed by atoms with van der Waals surface area (Å²) in [6.45, 7) is 7.96. The van der Waals surface area contributed by atoms with E-state index in [1.165, 1.54) is 4.90 Å². The lowest BCUT2D eigenvalue weighted by molar-refractivity contribution is -0.146. The summed E-state index contributed by atoms with van der Waals surface area (Å²) in [6.07, 6.45) is -3.36. The summed E-state index contributed by atoms with van der Waals surface area (Å²) in [7, 11) is 0. The summed E-state index contributed by atoms with van der Waals surface area (Å²) in [5.74, 6) is 2.06. The van der Waals surface area contributed by atoms with Crippen LogP contribution in [0.15, 0.2) is 22.7 Å². The van der Waals surface area contributed by atoms with Crippen LogP contribution >= 0.6 is 11.6 Å². The van der Waals surface area contributed by atoms with Crippen molar-refractivity contribution in [1.29, 1.82) is 0 Å². The number of aromatic nitrogens is 3. The van der Waals surface area contributed by atoms with Crippen molar-refractivity contribution in [2.24, 2.45) is 0 Å². The van der Waals surface area contributed by atoms with Crippen molar-refractivity contribution in [2.45, 2.75) is 52.8 Å². The van der Waals surface area contributed by atoms with E-state index in [9.17, 15) is 18.3 Å². The SMILES string of the molecule is CCC[C@@H](O)COc1ccc(Cl)c(-c2nc(-c3c(C)noc3C)c(C)c(N3CCN(CC(F)(F)F)CC3)n2)c1. The molecule has 0 bridgehead atoms. The minimum Gasteiger partial charge on any atom is -0.491 e. The van der Waals surface area contributed by atoms with Crippen LogP contribution in [0.2, 0.25) is 5.02 Å². The maximum atomic E-state index is 12.9. The van der Waals surface area contributed by atoms with Crippen molar-refractivity contribution in [3.8, 4) is 28.4 Å². The van der Waals surface area contributed by atoms with Crippen molar-refractivity contribution >= 4 is 17.4 Å². The van der Waals surface area contributed by atoms with Gasteiger partial charge < -0.3 is 19.3 Å². The van der Waals surface area contributed by atoms with Crippen LogP contribution in [-0.2, 0) is 0 Å². The van der Waals surface area contributed by atoms with E-state index < -0.39 is 18.8 Å². The Kier molecular flexibility index (Phi) is 9.03. The van der Waals surface area contributed by atoms with Gasteiger partial charge in [0.1, 0.15) is 23.9 Å². The number of hydrogen-bond acceptors (Lipinski definition) is 8. The number of aliphatic hydroxyl groups excluding tert-OH is 1. The molecule has 8 nitrogen and oxygen atoms in total. The van der Waals surface area contributed by atoms with E-state index in [-0.39, 0.29) is 19.7 Å².